The summed E-state index contributed by atoms with van der Waals surface area (Å²) in [6.07, 6.45) is 3.76. The number of hydrogen-bond acceptors (Lipinski definition) is 3. The molecule has 6 heteroatoms. The fraction of sp³-hybridized carbons (Fsp3) is 1.00. The summed E-state index contributed by atoms with van der Waals surface area (Å²) in [7, 11) is 0. The predicted octanol–water partition coefficient (Wildman–Crippen LogP) is 2.41. The number of hydrogen-bond donors (Lipinski definition) is 0. The van der Waals surface area contributed by atoms with E-state index in [2.05, 4.69) is 9.80 Å². The van der Waals surface area contributed by atoms with E-state index in [4.69, 9.17) is 0 Å². The van der Waals surface area contributed by atoms with Gasteiger partial charge in [0.15, 0.2) is 0 Å². The van der Waals surface area contributed by atoms with Crippen LogP contribution >= 0.6 is 11.8 Å². The predicted molar refractivity (Wildman–Crippen MR) is 64.2 cm³/mol. The zero-order chi connectivity index (χ0) is 12.3. The van der Waals surface area contributed by atoms with Crippen LogP contribution in [0.4, 0.5) is 13.2 Å². The number of rotatable bonds is 3. The van der Waals surface area contributed by atoms with Gasteiger partial charge < -0.3 is 0 Å². The monoisotopic (exact) mass is 268 g/mol. The molecular formula is C11H19F3N2S. The smallest absolute Gasteiger partial charge is 0.300 e. The van der Waals surface area contributed by atoms with Gasteiger partial charge in [0.25, 0.3) is 0 Å². The first-order valence-corrected chi connectivity index (χ1v) is 7.20. The minimum absolute atomic E-state index is 0.101. The van der Waals surface area contributed by atoms with Crippen LogP contribution < -0.4 is 0 Å². The van der Waals surface area contributed by atoms with Gasteiger partial charge in [-0.25, -0.2) is 0 Å². The molecule has 100 valence electrons. The highest BCUT2D eigenvalue weighted by molar-refractivity contribution is 8.00. The number of nitrogens with zero attached hydrogens (tertiary/aromatic N) is 2. The van der Waals surface area contributed by atoms with Crippen molar-refractivity contribution in [2.24, 2.45) is 0 Å². The Morgan fingerprint density at radius 2 is 1.94 bits per heavy atom. The van der Waals surface area contributed by atoms with Crippen LogP contribution in [0.2, 0.25) is 0 Å². The first-order chi connectivity index (χ1) is 8.04. The molecule has 0 saturated carbocycles. The number of fused-ring (bicyclic) bond motifs is 1. The second-order valence-electron chi connectivity index (χ2n) is 4.78. The molecule has 0 aliphatic carbocycles. The van der Waals surface area contributed by atoms with Gasteiger partial charge >= 0.3 is 5.51 Å². The summed E-state index contributed by atoms with van der Waals surface area (Å²) in [4.78, 5) is 4.68. The Morgan fingerprint density at radius 3 is 2.71 bits per heavy atom. The Kier molecular flexibility index (Phi) is 4.60. The van der Waals surface area contributed by atoms with Crippen molar-refractivity contribution in [1.82, 2.24) is 9.80 Å². The van der Waals surface area contributed by atoms with Gasteiger partial charge in [0.2, 0.25) is 0 Å². The topological polar surface area (TPSA) is 6.48 Å². The van der Waals surface area contributed by atoms with Crippen molar-refractivity contribution in [1.29, 1.82) is 0 Å². The zero-order valence-corrected chi connectivity index (χ0v) is 10.7. The largest absolute Gasteiger partial charge is 0.441 e. The first-order valence-electron chi connectivity index (χ1n) is 6.22. The van der Waals surface area contributed by atoms with Crippen LogP contribution in [0.1, 0.15) is 19.3 Å². The van der Waals surface area contributed by atoms with Gasteiger partial charge in [-0.05, 0) is 31.1 Å². The molecule has 0 bridgehead atoms. The molecule has 0 amide bonds. The summed E-state index contributed by atoms with van der Waals surface area (Å²) in [5.74, 6) is 0.163. The average molecular weight is 268 g/mol. The van der Waals surface area contributed by atoms with E-state index in [1.54, 1.807) is 0 Å². The van der Waals surface area contributed by atoms with Crippen LogP contribution in [-0.2, 0) is 0 Å². The normalized spacial score (nSPS) is 28.1. The molecule has 1 atom stereocenters. The Hall–Kier alpha value is 0.0600. The SMILES string of the molecule is FC(F)(F)SCCN1CCN2CCCCC2C1. The molecule has 17 heavy (non-hydrogen) atoms. The maximum absolute atomic E-state index is 12.0. The third-order valence-electron chi connectivity index (χ3n) is 3.59. The van der Waals surface area contributed by atoms with Gasteiger partial charge in [-0.2, -0.15) is 13.2 Å². The number of halogens is 3. The maximum atomic E-state index is 12.0. The lowest BCUT2D eigenvalue weighted by Gasteiger charge is -2.44. The van der Waals surface area contributed by atoms with Crippen LogP contribution in [-0.4, -0.2) is 59.8 Å². The molecule has 2 nitrogen and oxygen atoms in total. The van der Waals surface area contributed by atoms with Gasteiger partial charge in [-0.15, -0.1) is 0 Å². The lowest BCUT2D eigenvalue weighted by molar-refractivity contribution is -0.0330. The molecule has 0 aromatic carbocycles. The van der Waals surface area contributed by atoms with Crippen LogP contribution in [0, 0.1) is 0 Å². The van der Waals surface area contributed by atoms with E-state index in [1.807, 2.05) is 0 Å². The third kappa shape index (κ3) is 4.34. The van der Waals surface area contributed by atoms with Gasteiger partial charge in [-0.3, -0.25) is 9.80 Å². The summed E-state index contributed by atoms with van der Waals surface area (Å²) < 4.78 is 36.0. The number of alkyl halides is 3. The van der Waals surface area contributed by atoms with E-state index in [-0.39, 0.29) is 17.5 Å². The molecule has 0 aromatic heterocycles. The fourth-order valence-electron chi connectivity index (χ4n) is 2.71. The number of piperidine rings is 1. The summed E-state index contributed by atoms with van der Waals surface area (Å²) in [5.41, 5.74) is -4.08. The van der Waals surface area contributed by atoms with Gasteiger partial charge in [0, 0.05) is 38.0 Å². The molecule has 2 heterocycles. The van der Waals surface area contributed by atoms with E-state index in [0.717, 1.165) is 19.6 Å². The second kappa shape index (κ2) is 5.80. The quantitative estimate of drug-likeness (QED) is 0.776. The van der Waals surface area contributed by atoms with Gasteiger partial charge in [-0.1, -0.05) is 6.42 Å². The van der Waals surface area contributed by atoms with Crippen molar-refractivity contribution < 1.29 is 13.2 Å². The van der Waals surface area contributed by atoms with Crippen molar-refractivity contribution >= 4 is 11.8 Å². The van der Waals surface area contributed by atoms with E-state index in [1.165, 1.54) is 25.8 Å². The molecule has 0 spiro atoms. The highest BCUT2D eigenvalue weighted by Gasteiger charge is 2.31. The molecule has 2 aliphatic rings. The Balaban J connectivity index is 1.69. The standard InChI is InChI=1S/C11H19F3N2S/c12-11(13,14)17-8-7-15-5-6-16-4-2-1-3-10(16)9-15/h10H,1-9H2. The molecule has 2 fully saturated rings. The lowest BCUT2D eigenvalue weighted by Crippen LogP contribution is -2.55. The number of thioether (sulfide) groups is 1. The highest BCUT2D eigenvalue weighted by atomic mass is 32.2. The minimum atomic E-state index is -4.08. The Labute approximate surface area is 105 Å². The molecule has 0 N–H and O–H groups in total. The summed E-state index contributed by atoms with van der Waals surface area (Å²) >= 11 is 0.101. The van der Waals surface area contributed by atoms with Gasteiger partial charge in [0.05, 0.1) is 0 Å². The molecular weight excluding hydrogens is 249 g/mol. The minimum Gasteiger partial charge on any atom is -0.300 e. The van der Waals surface area contributed by atoms with E-state index < -0.39 is 5.51 Å². The maximum Gasteiger partial charge on any atom is 0.441 e. The van der Waals surface area contributed by atoms with Crippen LogP contribution in [0.5, 0.6) is 0 Å². The van der Waals surface area contributed by atoms with Crippen molar-refractivity contribution in [2.75, 3.05) is 38.5 Å². The third-order valence-corrected chi connectivity index (χ3v) is 4.31. The highest BCUT2D eigenvalue weighted by Crippen LogP contribution is 2.30. The first kappa shape index (κ1) is 13.5. The van der Waals surface area contributed by atoms with Crippen LogP contribution in [0.15, 0.2) is 0 Å². The molecule has 2 saturated heterocycles. The van der Waals surface area contributed by atoms with Crippen molar-refractivity contribution in [2.45, 2.75) is 30.8 Å². The van der Waals surface area contributed by atoms with Crippen LogP contribution in [0.3, 0.4) is 0 Å². The lowest BCUT2D eigenvalue weighted by atomic mass is 10.00. The molecule has 0 aromatic rings. The fourth-order valence-corrected chi connectivity index (χ4v) is 3.29. The molecule has 1 unspecified atom stereocenters. The van der Waals surface area contributed by atoms with Crippen molar-refractivity contribution in [3.05, 3.63) is 0 Å². The van der Waals surface area contributed by atoms with E-state index >= 15 is 0 Å². The molecule has 2 aliphatic heterocycles. The van der Waals surface area contributed by atoms with E-state index in [0.29, 0.717) is 12.6 Å². The summed E-state index contributed by atoms with van der Waals surface area (Å²) in [6, 6.07) is 0.591. The number of piperazine rings is 1. The summed E-state index contributed by atoms with van der Waals surface area (Å²) in [6.45, 7) is 4.65. The summed E-state index contributed by atoms with van der Waals surface area (Å²) in [5, 5.41) is 0. The Bertz CT molecular complexity index is 247. The zero-order valence-electron chi connectivity index (χ0n) is 9.88. The van der Waals surface area contributed by atoms with Crippen molar-refractivity contribution in [3.63, 3.8) is 0 Å². The van der Waals surface area contributed by atoms with E-state index in [9.17, 15) is 13.2 Å². The average Bonchev–Trinajstić information content (AvgIpc) is 2.27. The Morgan fingerprint density at radius 1 is 1.12 bits per heavy atom. The van der Waals surface area contributed by atoms with Gasteiger partial charge in [0.1, 0.15) is 0 Å². The van der Waals surface area contributed by atoms with Crippen LogP contribution in [0.25, 0.3) is 0 Å². The molecule has 0 radical (unpaired) electrons. The molecule has 2 rings (SSSR count). The second-order valence-corrected chi connectivity index (χ2v) is 5.94. The van der Waals surface area contributed by atoms with Crippen molar-refractivity contribution in [3.8, 4) is 0 Å².